The molecule has 32 heavy (non-hydrogen) atoms. The van der Waals surface area contributed by atoms with Crippen LogP contribution in [0.1, 0.15) is 47.4 Å². The number of sulfonamides is 1. The molecule has 6 nitrogen and oxygen atoms in total. The Bertz CT molecular complexity index is 988. The van der Waals surface area contributed by atoms with Crippen molar-refractivity contribution in [2.24, 2.45) is 5.92 Å². The van der Waals surface area contributed by atoms with Gasteiger partial charge in [-0.25, -0.2) is 8.42 Å². The van der Waals surface area contributed by atoms with E-state index >= 15 is 0 Å². The first-order valence-corrected chi connectivity index (χ1v) is 14.0. The molecule has 0 spiro atoms. The molecule has 3 rings (SSSR count). The Morgan fingerprint density at radius 1 is 1.12 bits per heavy atom. The van der Waals surface area contributed by atoms with Gasteiger partial charge in [0.1, 0.15) is 0 Å². The lowest BCUT2D eigenvalue weighted by molar-refractivity contribution is 0.0841. The predicted octanol–water partition coefficient (Wildman–Crippen LogP) is 4.44. The van der Waals surface area contributed by atoms with E-state index < -0.39 is 10.0 Å². The zero-order chi connectivity index (χ0) is 23.0. The molecule has 1 aliphatic rings. The second-order valence-electron chi connectivity index (χ2n) is 8.39. The van der Waals surface area contributed by atoms with Crippen molar-refractivity contribution in [1.29, 1.82) is 0 Å². The first-order valence-electron chi connectivity index (χ1n) is 11.2. The highest BCUT2D eigenvalue weighted by molar-refractivity contribution is 9.09. The number of likely N-dealkylation sites (tertiary alicyclic amines) is 1. The molecule has 0 aliphatic carbocycles. The molecule has 174 valence electrons. The van der Waals surface area contributed by atoms with Crippen LogP contribution in [0.25, 0.3) is 0 Å². The maximum Gasteiger partial charge on any atom is 0.232 e. The number of piperidine rings is 1. The van der Waals surface area contributed by atoms with Gasteiger partial charge in [0, 0.05) is 46.9 Å². The molecule has 2 heterocycles. The SMILES string of the molecule is Cc1cccc(CCN2CCC(C(=O)c3ccc(NS(=O)(=O)CCCCBr)cc3)CC2)n1. The molecule has 1 aliphatic heterocycles. The van der Waals surface area contributed by atoms with Crippen LogP contribution in [0.5, 0.6) is 0 Å². The van der Waals surface area contributed by atoms with Crippen molar-refractivity contribution in [3.63, 3.8) is 0 Å². The van der Waals surface area contributed by atoms with Gasteiger partial charge in [-0.05, 0) is 82.1 Å². The van der Waals surface area contributed by atoms with Crippen molar-refractivity contribution < 1.29 is 13.2 Å². The zero-order valence-corrected chi connectivity index (χ0v) is 21.0. The fraction of sp³-hybridized carbons (Fsp3) is 0.500. The van der Waals surface area contributed by atoms with Crippen LogP contribution < -0.4 is 4.72 Å². The number of aryl methyl sites for hydroxylation is 1. The summed E-state index contributed by atoms with van der Waals surface area (Å²) in [7, 11) is -3.36. The summed E-state index contributed by atoms with van der Waals surface area (Å²) in [5.74, 6) is 0.268. The van der Waals surface area contributed by atoms with Gasteiger partial charge >= 0.3 is 0 Å². The number of ketones is 1. The maximum absolute atomic E-state index is 12.9. The van der Waals surface area contributed by atoms with E-state index in [-0.39, 0.29) is 17.5 Å². The van der Waals surface area contributed by atoms with Crippen LogP contribution in [0.4, 0.5) is 5.69 Å². The van der Waals surface area contributed by atoms with E-state index in [9.17, 15) is 13.2 Å². The number of pyridine rings is 1. The average Bonchev–Trinajstić information content (AvgIpc) is 2.78. The Balaban J connectivity index is 1.46. The number of carbonyl (C=O) groups is 1. The fourth-order valence-corrected chi connectivity index (χ4v) is 5.56. The number of alkyl halides is 1. The van der Waals surface area contributed by atoms with Gasteiger partial charge in [0.2, 0.25) is 10.0 Å². The summed E-state index contributed by atoms with van der Waals surface area (Å²) in [5, 5.41) is 0.794. The standard InChI is InChI=1S/C24H32BrN3O3S/c1-19-5-4-6-22(26-19)13-17-28-15-11-21(12-16-28)24(29)20-7-9-23(10-8-20)27-32(30,31)18-3-2-14-25/h4-10,21,27H,2-3,11-18H2,1H3. The molecule has 0 amide bonds. The normalized spacial score (nSPS) is 15.6. The highest BCUT2D eigenvalue weighted by Crippen LogP contribution is 2.23. The summed E-state index contributed by atoms with van der Waals surface area (Å²) in [6, 6.07) is 12.9. The molecule has 0 bridgehead atoms. The molecule has 0 atom stereocenters. The van der Waals surface area contributed by atoms with E-state index in [2.05, 4.69) is 36.6 Å². The topological polar surface area (TPSA) is 79.4 Å². The van der Waals surface area contributed by atoms with E-state index in [0.717, 1.165) is 62.0 Å². The van der Waals surface area contributed by atoms with Crippen LogP contribution in [-0.4, -0.2) is 54.8 Å². The lowest BCUT2D eigenvalue weighted by atomic mass is 9.89. The summed E-state index contributed by atoms with van der Waals surface area (Å²) < 4.78 is 26.9. The molecule has 0 saturated carbocycles. The van der Waals surface area contributed by atoms with Gasteiger partial charge in [0.05, 0.1) is 5.75 Å². The average molecular weight is 523 g/mol. The number of benzene rings is 1. The number of carbonyl (C=O) groups excluding carboxylic acids is 1. The van der Waals surface area contributed by atoms with Crippen molar-refractivity contribution in [3.8, 4) is 0 Å². The van der Waals surface area contributed by atoms with Crippen molar-refractivity contribution in [3.05, 3.63) is 59.4 Å². The van der Waals surface area contributed by atoms with E-state index in [1.165, 1.54) is 0 Å². The van der Waals surface area contributed by atoms with Gasteiger partial charge < -0.3 is 4.90 Å². The largest absolute Gasteiger partial charge is 0.303 e. The molecule has 2 aromatic rings. The zero-order valence-electron chi connectivity index (χ0n) is 18.6. The third-order valence-corrected chi connectivity index (χ3v) is 7.76. The van der Waals surface area contributed by atoms with Gasteiger partial charge in [-0.3, -0.25) is 14.5 Å². The van der Waals surface area contributed by atoms with E-state index in [1.807, 2.05) is 19.1 Å². The van der Waals surface area contributed by atoms with Crippen molar-refractivity contribution >= 4 is 37.4 Å². The summed E-state index contributed by atoms with van der Waals surface area (Å²) in [5.41, 5.74) is 3.30. The lowest BCUT2D eigenvalue weighted by Crippen LogP contribution is -2.37. The van der Waals surface area contributed by atoms with E-state index in [0.29, 0.717) is 17.7 Å². The van der Waals surface area contributed by atoms with E-state index in [1.54, 1.807) is 24.3 Å². The maximum atomic E-state index is 12.9. The number of nitrogens with one attached hydrogen (secondary N) is 1. The second kappa shape index (κ2) is 11.9. The van der Waals surface area contributed by atoms with Crippen LogP contribution in [0.3, 0.4) is 0 Å². The molecular formula is C24H32BrN3O3S. The number of halogens is 1. The van der Waals surface area contributed by atoms with Crippen LogP contribution >= 0.6 is 15.9 Å². The van der Waals surface area contributed by atoms with E-state index in [4.69, 9.17) is 0 Å². The van der Waals surface area contributed by atoms with Gasteiger partial charge in [-0.2, -0.15) is 0 Å². The third-order valence-electron chi connectivity index (χ3n) is 5.83. The number of anilines is 1. The minimum absolute atomic E-state index is 0.0233. The first-order chi connectivity index (χ1) is 15.4. The van der Waals surface area contributed by atoms with Crippen LogP contribution in [0.15, 0.2) is 42.5 Å². The molecule has 1 fully saturated rings. The number of Topliss-reactive ketones (excluding diaryl/α,β-unsaturated/α-hetero) is 1. The molecule has 1 aromatic carbocycles. The van der Waals surface area contributed by atoms with Crippen molar-refractivity contribution in [1.82, 2.24) is 9.88 Å². The fourth-order valence-electron chi connectivity index (χ4n) is 3.99. The van der Waals surface area contributed by atoms with Crippen molar-refractivity contribution in [2.75, 3.05) is 35.4 Å². The van der Waals surface area contributed by atoms with Gasteiger partial charge in [0.25, 0.3) is 0 Å². The summed E-state index contributed by atoms with van der Waals surface area (Å²) in [6.07, 6.45) is 4.05. The Morgan fingerprint density at radius 2 is 1.84 bits per heavy atom. The Labute approximate surface area is 200 Å². The predicted molar refractivity (Wildman–Crippen MR) is 133 cm³/mol. The summed E-state index contributed by atoms with van der Waals surface area (Å²) >= 11 is 3.31. The number of hydrogen-bond donors (Lipinski definition) is 1. The smallest absolute Gasteiger partial charge is 0.232 e. The first kappa shape index (κ1) is 24.9. The highest BCUT2D eigenvalue weighted by atomic mass is 79.9. The number of unbranched alkanes of at least 4 members (excludes halogenated alkanes) is 1. The molecular weight excluding hydrogens is 490 g/mol. The Hall–Kier alpha value is -1.77. The number of nitrogens with zero attached hydrogens (tertiary/aromatic N) is 2. The minimum atomic E-state index is -3.36. The molecule has 1 aromatic heterocycles. The Morgan fingerprint density at radius 3 is 2.50 bits per heavy atom. The molecule has 8 heteroatoms. The van der Waals surface area contributed by atoms with Crippen molar-refractivity contribution in [2.45, 2.75) is 39.0 Å². The monoisotopic (exact) mass is 521 g/mol. The second-order valence-corrected chi connectivity index (χ2v) is 11.0. The highest BCUT2D eigenvalue weighted by Gasteiger charge is 2.25. The van der Waals surface area contributed by atoms with Gasteiger partial charge in [-0.1, -0.05) is 22.0 Å². The third kappa shape index (κ3) is 7.67. The van der Waals surface area contributed by atoms with Crippen LogP contribution in [0.2, 0.25) is 0 Å². The summed E-state index contributed by atoms with van der Waals surface area (Å²) in [4.78, 5) is 19.9. The quantitative estimate of drug-likeness (QED) is 0.268. The van der Waals surface area contributed by atoms with Gasteiger partial charge in [-0.15, -0.1) is 0 Å². The van der Waals surface area contributed by atoms with Crippen LogP contribution in [-0.2, 0) is 16.4 Å². The minimum Gasteiger partial charge on any atom is -0.303 e. The number of rotatable bonds is 11. The lowest BCUT2D eigenvalue weighted by Gasteiger charge is -2.31. The molecule has 1 N–H and O–H groups in total. The number of hydrogen-bond acceptors (Lipinski definition) is 5. The molecule has 0 radical (unpaired) electrons. The Kier molecular flexibility index (Phi) is 9.25. The molecule has 0 unspecified atom stereocenters. The summed E-state index contributed by atoms with van der Waals surface area (Å²) in [6.45, 7) is 4.79. The van der Waals surface area contributed by atoms with Crippen LogP contribution in [0, 0.1) is 12.8 Å². The van der Waals surface area contributed by atoms with Gasteiger partial charge in [0.15, 0.2) is 5.78 Å². The number of aromatic nitrogens is 1. The molecule has 1 saturated heterocycles.